The van der Waals surface area contributed by atoms with Crippen LogP contribution in [-0.4, -0.2) is 61.3 Å². The summed E-state index contributed by atoms with van der Waals surface area (Å²) in [7, 11) is 0. The van der Waals surface area contributed by atoms with E-state index < -0.39 is 0 Å². The summed E-state index contributed by atoms with van der Waals surface area (Å²) in [4.78, 5) is 14.8. The van der Waals surface area contributed by atoms with Gasteiger partial charge in [-0.15, -0.1) is 0 Å². The molecule has 5 nitrogen and oxygen atoms in total. The Labute approximate surface area is 155 Å². The fraction of sp³-hybridized carbons (Fsp3) is 0.714. The highest BCUT2D eigenvalue weighted by Crippen LogP contribution is 2.50. The van der Waals surface area contributed by atoms with Crippen LogP contribution in [0.1, 0.15) is 26.2 Å². The molecule has 5 heteroatoms. The summed E-state index contributed by atoms with van der Waals surface area (Å²) in [5.41, 5.74) is 2.33. The lowest BCUT2D eigenvalue weighted by Crippen LogP contribution is -2.54. The summed E-state index contributed by atoms with van der Waals surface area (Å²) in [6.07, 6.45) is 12.1. The lowest BCUT2D eigenvalue weighted by Gasteiger charge is -2.49. The molecule has 0 aromatic carbocycles. The van der Waals surface area contributed by atoms with Crippen molar-refractivity contribution < 1.29 is 14.2 Å². The highest BCUT2D eigenvalue weighted by atomic mass is 16.5. The zero-order chi connectivity index (χ0) is 17.7. The number of hydrogen-bond acceptors (Lipinski definition) is 4. The first kappa shape index (κ1) is 16.8. The molecule has 3 unspecified atom stereocenters. The van der Waals surface area contributed by atoms with Crippen LogP contribution in [0.25, 0.3) is 0 Å². The van der Waals surface area contributed by atoms with E-state index in [9.17, 15) is 4.91 Å². The first-order valence-corrected chi connectivity index (χ1v) is 10.1. The maximum absolute atomic E-state index is 12.2. The minimum Gasteiger partial charge on any atom is -0.378 e. The van der Waals surface area contributed by atoms with Crippen molar-refractivity contribution in [2.45, 2.75) is 38.3 Å². The zero-order valence-corrected chi connectivity index (χ0v) is 15.6. The smallest absolute Gasteiger partial charge is 0.225 e. The van der Waals surface area contributed by atoms with E-state index in [-0.39, 0.29) is 5.41 Å². The SMILES string of the molecule is CC1=CC23COC(C4CCN(C5COC5)CC4)CC2C[N+](=O)C=C3C=C1. The molecule has 3 atom stereocenters. The van der Waals surface area contributed by atoms with Crippen molar-refractivity contribution in [1.29, 1.82) is 0 Å². The first-order chi connectivity index (χ1) is 12.6. The minimum atomic E-state index is -0.0831. The Morgan fingerprint density at radius 3 is 2.77 bits per heavy atom. The molecule has 5 rings (SSSR count). The highest BCUT2D eigenvalue weighted by molar-refractivity contribution is 5.43. The van der Waals surface area contributed by atoms with Gasteiger partial charge in [-0.25, -0.2) is 0 Å². The molecule has 0 aromatic rings. The number of nitrogens with zero attached hydrogens (tertiary/aromatic N) is 2. The summed E-state index contributed by atoms with van der Waals surface area (Å²) < 4.78 is 13.0. The Balaban J connectivity index is 1.29. The molecule has 140 valence electrons. The molecular formula is C21H29N2O3+. The van der Waals surface area contributed by atoms with Crippen LogP contribution in [0.15, 0.2) is 35.6 Å². The average Bonchev–Trinajstić information content (AvgIpc) is 2.59. The van der Waals surface area contributed by atoms with Crippen LogP contribution in [0.4, 0.5) is 0 Å². The van der Waals surface area contributed by atoms with Crippen molar-refractivity contribution >= 4 is 0 Å². The van der Waals surface area contributed by atoms with Gasteiger partial charge in [-0.05, 0) is 45.2 Å². The minimum absolute atomic E-state index is 0.0831. The van der Waals surface area contributed by atoms with Crippen LogP contribution >= 0.6 is 0 Å². The third kappa shape index (κ3) is 2.72. The fourth-order valence-corrected chi connectivity index (χ4v) is 5.56. The number of rotatable bonds is 2. The third-order valence-electron chi connectivity index (χ3n) is 7.25. The van der Waals surface area contributed by atoms with E-state index >= 15 is 0 Å². The van der Waals surface area contributed by atoms with Crippen LogP contribution in [0.5, 0.6) is 0 Å². The summed E-state index contributed by atoms with van der Waals surface area (Å²) in [5.74, 6) is 0.986. The third-order valence-corrected chi connectivity index (χ3v) is 7.25. The molecule has 1 spiro atoms. The second-order valence-electron chi connectivity index (χ2n) is 8.79. The molecule has 1 aliphatic carbocycles. The molecule has 0 radical (unpaired) electrons. The van der Waals surface area contributed by atoms with Crippen molar-refractivity contribution in [1.82, 2.24) is 4.90 Å². The monoisotopic (exact) mass is 357 g/mol. The lowest BCUT2D eigenvalue weighted by atomic mass is 9.62. The Morgan fingerprint density at radius 1 is 1.23 bits per heavy atom. The predicted molar refractivity (Wildman–Crippen MR) is 98.7 cm³/mol. The molecule has 3 saturated heterocycles. The van der Waals surface area contributed by atoms with Crippen LogP contribution in [-0.2, 0) is 9.47 Å². The molecule has 5 aliphatic rings. The first-order valence-electron chi connectivity index (χ1n) is 10.1. The van der Waals surface area contributed by atoms with Crippen molar-refractivity contribution in [3.63, 3.8) is 0 Å². The number of allylic oxidation sites excluding steroid dienone is 3. The van der Waals surface area contributed by atoms with E-state index in [0.29, 0.717) is 30.5 Å². The van der Waals surface area contributed by atoms with Crippen molar-refractivity contribution in [2.75, 3.05) is 39.5 Å². The number of ether oxygens (including phenoxy) is 2. The zero-order valence-electron chi connectivity index (χ0n) is 15.6. The van der Waals surface area contributed by atoms with Crippen LogP contribution in [0.2, 0.25) is 0 Å². The van der Waals surface area contributed by atoms with E-state index in [4.69, 9.17) is 9.47 Å². The number of nitroso groups, excluding NO2 is 1. The van der Waals surface area contributed by atoms with E-state index in [2.05, 4.69) is 30.1 Å². The Kier molecular flexibility index (Phi) is 4.14. The van der Waals surface area contributed by atoms with Gasteiger partial charge >= 0.3 is 0 Å². The number of piperidine rings is 1. The number of likely N-dealkylation sites (tertiary alicyclic amines) is 1. The largest absolute Gasteiger partial charge is 0.378 e. The molecule has 3 fully saturated rings. The summed E-state index contributed by atoms with van der Waals surface area (Å²) >= 11 is 0. The number of hydrogen-bond donors (Lipinski definition) is 0. The van der Waals surface area contributed by atoms with Gasteiger partial charge in [0.2, 0.25) is 12.7 Å². The molecule has 0 aromatic heterocycles. The van der Waals surface area contributed by atoms with Crippen LogP contribution in [0, 0.1) is 22.2 Å². The second-order valence-corrected chi connectivity index (χ2v) is 8.79. The van der Waals surface area contributed by atoms with Gasteiger partial charge in [0.15, 0.2) is 0 Å². The van der Waals surface area contributed by atoms with Crippen LogP contribution in [0.3, 0.4) is 0 Å². The fourth-order valence-electron chi connectivity index (χ4n) is 5.56. The Morgan fingerprint density at radius 2 is 2.04 bits per heavy atom. The Hall–Kier alpha value is -1.30. The maximum atomic E-state index is 12.2. The van der Waals surface area contributed by atoms with Gasteiger partial charge in [0, 0.05) is 21.2 Å². The van der Waals surface area contributed by atoms with E-state index in [1.807, 2.05) is 0 Å². The molecule has 0 N–H and O–H groups in total. The highest BCUT2D eigenvalue weighted by Gasteiger charge is 2.53. The van der Waals surface area contributed by atoms with Gasteiger partial charge in [0.1, 0.15) is 0 Å². The topological polar surface area (TPSA) is 41.8 Å². The lowest BCUT2D eigenvalue weighted by molar-refractivity contribution is -0.501. The second kappa shape index (κ2) is 6.39. The molecule has 0 amide bonds. The van der Waals surface area contributed by atoms with Gasteiger partial charge < -0.3 is 9.47 Å². The summed E-state index contributed by atoms with van der Waals surface area (Å²) in [6, 6.07) is 0.647. The quantitative estimate of drug-likeness (QED) is 0.713. The molecule has 4 heterocycles. The molecule has 0 bridgehead atoms. The predicted octanol–water partition coefficient (Wildman–Crippen LogP) is 2.68. The van der Waals surface area contributed by atoms with Gasteiger partial charge in [-0.3, -0.25) is 4.90 Å². The Bertz CT molecular complexity index is 685. The van der Waals surface area contributed by atoms with E-state index in [0.717, 1.165) is 49.7 Å². The molecule has 26 heavy (non-hydrogen) atoms. The van der Waals surface area contributed by atoms with Gasteiger partial charge in [-0.2, -0.15) is 0 Å². The standard InChI is InChI=1S/C21H29N2O3/c1-15-2-3-17-10-23(24)11-18-8-20(26-14-21(17,18)9-15)16-4-6-22(7-5-16)19-12-25-13-19/h2-3,9-10,16,18-20H,4-8,11-14H2,1H3/q+1. The maximum Gasteiger partial charge on any atom is 0.225 e. The van der Waals surface area contributed by atoms with Crippen LogP contribution < -0.4 is 0 Å². The summed E-state index contributed by atoms with van der Waals surface area (Å²) in [5, 5.41) is 0. The van der Waals surface area contributed by atoms with Gasteiger partial charge in [0.25, 0.3) is 0 Å². The van der Waals surface area contributed by atoms with Crippen molar-refractivity contribution in [2.24, 2.45) is 17.3 Å². The average molecular weight is 357 g/mol. The van der Waals surface area contributed by atoms with Crippen molar-refractivity contribution in [3.05, 3.63) is 40.5 Å². The summed E-state index contributed by atoms with van der Waals surface area (Å²) in [6.45, 7) is 7.60. The molecule has 0 saturated carbocycles. The normalized spacial score (nSPS) is 38.9. The molecule has 4 aliphatic heterocycles. The van der Waals surface area contributed by atoms with Gasteiger partial charge in [0.05, 0.1) is 37.4 Å². The molecular weight excluding hydrogens is 328 g/mol. The van der Waals surface area contributed by atoms with Gasteiger partial charge in [-0.1, -0.05) is 23.8 Å². The van der Waals surface area contributed by atoms with E-state index in [1.165, 1.54) is 18.4 Å². The van der Waals surface area contributed by atoms with E-state index in [1.54, 1.807) is 6.20 Å². The van der Waals surface area contributed by atoms with Crippen molar-refractivity contribution in [3.8, 4) is 0 Å².